The predicted octanol–water partition coefficient (Wildman–Crippen LogP) is 2.75. The molecular formula is C21H19N3O7S. The SMILES string of the molecule is O=C1NC(Cc2ccc(OCCCN3COc4ccc([N+](=O)[O-])cc4C3=O)cc2)C(=O)S1. The monoisotopic (exact) mass is 457 g/mol. The molecule has 1 atom stereocenters. The van der Waals surface area contributed by atoms with Crippen LogP contribution in [0.1, 0.15) is 22.3 Å². The van der Waals surface area contributed by atoms with E-state index in [2.05, 4.69) is 5.32 Å². The lowest BCUT2D eigenvalue weighted by Gasteiger charge is -2.28. The lowest BCUT2D eigenvalue weighted by molar-refractivity contribution is -0.384. The lowest BCUT2D eigenvalue weighted by atomic mass is 10.1. The molecule has 32 heavy (non-hydrogen) atoms. The Balaban J connectivity index is 1.24. The number of fused-ring (bicyclic) bond motifs is 1. The molecule has 0 spiro atoms. The van der Waals surface area contributed by atoms with E-state index < -0.39 is 11.0 Å². The van der Waals surface area contributed by atoms with Gasteiger partial charge in [-0.2, -0.15) is 0 Å². The molecule has 0 bridgehead atoms. The minimum atomic E-state index is -0.549. The van der Waals surface area contributed by atoms with Crippen LogP contribution in [0.2, 0.25) is 0 Å². The number of carbonyl (C=O) groups is 3. The average molecular weight is 457 g/mol. The highest BCUT2D eigenvalue weighted by Crippen LogP contribution is 2.29. The number of hydrogen-bond donors (Lipinski definition) is 1. The van der Waals surface area contributed by atoms with Crippen molar-refractivity contribution >= 4 is 33.7 Å². The molecule has 2 aromatic rings. The normalized spacial score (nSPS) is 17.6. The number of nitrogens with one attached hydrogen (secondary N) is 1. The van der Waals surface area contributed by atoms with E-state index in [4.69, 9.17) is 9.47 Å². The molecule has 1 saturated heterocycles. The van der Waals surface area contributed by atoms with Gasteiger partial charge in [0.2, 0.25) is 5.12 Å². The first-order chi connectivity index (χ1) is 15.4. The number of non-ortho nitro benzene ring substituents is 1. The Morgan fingerprint density at radius 2 is 1.97 bits per heavy atom. The third-order valence-electron chi connectivity index (χ3n) is 5.04. The van der Waals surface area contributed by atoms with Crippen molar-refractivity contribution in [1.29, 1.82) is 0 Å². The smallest absolute Gasteiger partial charge is 0.287 e. The number of nitro benzene ring substituents is 1. The maximum absolute atomic E-state index is 12.6. The molecule has 4 rings (SSSR count). The number of carbonyl (C=O) groups excluding carboxylic acids is 3. The van der Waals surface area contributed by atoms with Crippen LogP contribution in [0, 0.1) is 10.1 Å². The van der Waals surface area contributed by atoms with Crippen molar-refractivity contribution in [1.82, 2.24) is 10.2 Å². The van der Waals surface area contributed by atoms with E-state index in [1.807, 2.05) is 12.1 Å². The summed E-state index contributed by atoms with van der Waals surface area (Å²) in [4.78, 5) is 47.4. The Morgan fingerprint density at radius 1 is 1.19 bits per heavy atom. The van der Waals surface area contributed by atoms with E-state index in [1.54, 1.807) is 12.1 Å². The molecular weight excluding hydrogens is 438 g/mol. The minimum absolute atomic E-state index is 0.0764. The lowest BCUT2D eigenvalue weighted by Crippen LogP contribution is -2.39. The first-order valence-corrected chi connectivity index (χ1v) is 10.7. The first-order valence-electron chi connectivity index (χ1n) is 9.85. The number of thioether (sulfide) groups is 1. The highest BCUT2D eigenvalue weighted by Gasteiger charge is 2.31. The van der Waals surface area contributed by atoms with Crippen LogP contribution in [0.3, 0.4) is 0 Å². The molecule has 0 radical (unpaired) electrons. The summed E-state index contributed by atoms with van der Waals surface area (Å²) < 4.78 is 11.2. The summed E-state index contributed by atoms with van der Waals surface area (Å²) in [6.45, 7) is 0.811. The molecule has 166 valence electrons. The number of nitrogens with zero attached hydrogens (tertiary/aromatic N) is 2. The van der Waals surface area contributed by atoms with Crippen molar-refractivity contribution in [3.8, 4) is 11.5 Å². The topological polar surface area (TPSA) is 128 Å². The van der Waals surface area contributed by atoms with Gasteiger partial charge in [0.05, 0.1) is 17.1 Å². The summed E-state index contributed by atoms with van der Waals surface area (Å²) in [5.41, 5.74) is 0.923. The molecule has 2 amide bonds. The van der Waals surface area contributed by atoms with Crippen molar-refractivity contribution in [3.05, 3.63) is 63.7 Å². The Hall–Kier alpha value is -3.60. The second kappa shape index (κ2) is 9.27. The fourth-order valence-electron chi connectivity index (χ4n) is 3.40. The average Bonchev–Trinajstić information content (AvgIpc) is 3.10. The van der Waals surface area contributed by atoms with Crippen LogP contribution in [0.5, 0.6) is 11.5 Å². The van der Waals surface area contributed by atoms with Gasteiger partial charge in [0, 0.05) is 36.9 Å². The molecule has 0 aromatic heterocycles. The van der Waals surface area contributed by atoms with Crippen molar-refractivity contribution in [2.45, 2.75) is 18.9 Å². The van der Waals surface area contributed by atoms with Gasteiger partial charge in [-0.05, 0) is 30.2 Å². The number of hydrogen-bond acceptors (Lipinski definition) is 8. The van der Waals surface area contributed by atoms with Crippen LogP contribution in [0.25, 0.3) is 0 Å². The summed E-state index contributed by atoms with van der Waals surface area (Å²) in [7, 11) is 0. The highest BCUT2D eigenvalue weighted by atomic mass is 32.2. The van der Waals surface area contributed by atoms with Gasteiger partial charge in [0.1, 0.15) is 17.5 Å². The van der Waals surface area contributed by atoms with E-state index in [0.29, 0.717) is 49.3 Å². The zero-order valence-electron chi connectivity index (χ0n) is 16.8. The fraction of sp³-hybridized carbons (Fsp3) is 0.286. The zero-order chi connectivity index (χ0) is 22.7. The van der Waals surface area contributed by atoms with Crippen molar-refractivity contribution in [3.63, 3.8) is 0 Å². The summed E-state index contributed by atoms with van der Waals surface area (Å²) >= 11 is 0.694. The summed E-state index contributed by atoms with van der Waals surface area (Å²) in [6, 6.07) is 10.7. The Labute approximate surface area is 187 Å². The number of nitro groups is 1. The molecule has 10 nitrogen and oxygen atoms in total. The maximum Gasteiger partial charge on any atom is 0.287 e. The van der Waals surface area contributed by atoms with Crippen LogP contribution >= 0.6 is 11.8 Å². The molecule has 1 fully saturated rings. The van der Waals surface area contributed by atoms with Crippen molar-refractivity contribution < 1.29 is 28.8 Å². The van der Waals surface area contributed by atoms with Gasteiger partial charge >= 0.3 is 0 Å². The first kappa shape index (κ1) is 21.6. The molecule has 1 unspecified atom stereocenters. The molecule has 2 heterocycles. The second-order valence-electron chi connectivity index (χ2n) is 7.24. The van der Waals surface area contributed by atoms with E-state index in [9.17, 15) is 24.5 Å². The van der Waals surface area contributed by atoms with Gasteiger partial charge < -0.3 is 19.7 Å². The molecule has 1 N–H and O–H groups in total. The molecule has 2 aliphatic rings. The van der Waals surface area contributed by atoms with E-state index in [0.717, 1.165) is 5.56 Å². The summed E-state index contributed by atoms with van der Waals surface area (Å²) in [5, 5.41) is 13.1. The fourth-order valence-corrected chi connectivity index (χ4v) is 4.07. The molecule has 0 aliphatic carbocycles. The van der Waals surface area contributed by atoms with Gasteiger partial charge in [0.25, 0.3) is 16.8 Å². The predicted molar refractivity (Wildman–Crippen MR) is 115 cm³/mol. The molecule has 2 aliphatic heterocycles. The van der Waals surface area contributed by atoms with Gasteiger partial charge in [-0.25, -0.2) is 0 Å². The zero-order valence-corrected chi connectivity index (χ0v) is 17.6. The van der Waals surface area contributed by atoms with Crippen molar-refractivity contribution in [2.24, 2.45) is 0 Å². The third kappa shape index (κ3) is 4.83. The van der Waals surface area contributed by atoms with Gasteiger partial charge in [-0.3, -0.25) is 24.5 Å². The van der Waals surface area contributed by atoms with Crippen LogP contribution in [-0.2, 0) is 11.2 Å². The van der Waals surface area contributed by atoms with Crippen LogP contribution < -0.4 is 14.8 Å². The summed E-state index contributed by atoms with van der Waals surface area (Å²) in [5.74, 6) is 0.670. The van der Waals surface area contributed by atoms with Crippen LogP contribution in [0.15, 0.2) is 42.5 Å². The van der Waals surface area contributed by atoms with Crippen LogP contribution in [0.4, 0.5) is 10.5 Å². The van der Waals surface area contributed by atoms with E-state index in [-0.39, 0.29) is 34.2 Å². The quantitative estimate of drug-likeness (QED) is 0.364. The van der Waals surface area contributed by atoms with Gasteiger partial charge in [-0.1, -0.05) is 12.1 Å². The number of ether oxygens (including phenoxy) is 2. The Kier molecular flexibility index (Phi) is 6.26. The number of rotatable bonds is 8. The summed E-state index contributed by atoms with van der Waals surface area (Å²) in [6.07, 6.45) is 0.968. The second-order valence-corrected chi connectivity index (χ2v) is 8.21. The Morgan fingerprint density at radius 3 is 2.66 bits per heavy atom. The van der Waals surface area contributed by atoms with Crippen molar-refractivity contribution in [2.75, 3.05) is 19.9 Å². The molecule has 11 heteroatoms. The largest absolute Gasteiger partial charge is 0.494 e. The highest BCUT2D eigenvalue weighted by molar-refractivity contribution is 8.26. The Bertz CT molecular complexity index is 1070. The van der Waals surface area contributed by atoms with Gasteiger partial charge in [-0.15, -0.1) is 0 Å². The molecule has 0 saturated carbocycles. The standard InChI is InChI=1S/C21H19N3O7S/c25-19-16-11-14(24(28)29)4-7-18(16)31-12-23(19)8-1-9-30-15-5-2-13(3-6-15)10-17-20(26)32-21(27)22-17/h2-7,11,17H,1,8-10,12H2,(H,22,27). The molecule has 2 aromatic carbocycles. The van der Waals surface area contributed by atoms with Crippen LogP contribution in [-0.4, -0.2) is 52.0 Å². The van der Waals surface area contributed by atoms with E-state index in [1.165, 1.54) is 23.1 Å². The number of benzene rings is 2. The third-order valence-corrected chi connectivity index (χ3v) is 5.83. The number of amides is 2. The minimum Gasteiger partial charge on any atom is -0.494 e. The van der Waals surface area contributed by atoms with Gasteiger partial charge in [0.15, 0.2) is 6.73 Å². The van der Waals surface area contributed by atoms with E-state index >= 15 is 0 Å². The maximum atomic E-state index is 12.6.